The van der Waals surface area contributed by atoms with Crippen molar-refractivity contribution in [2.24, 2.45) is 0 Å². The van der Waals surface area contributed by atoms with Crippen molar-refractivity contribution in [3.8, 4) is 16.6 Å². The zero-order valence-corrected chi connectivity index (χ0v) is 15.1. The summed E-state index contributed by atoms with van der Waals surface area (Å²) >= 11 is 6.61. The topological polar surface area (TPSA) is 84.8 Å². The summed E-state index contributed by atoms with van der Waals surface area (Å²) < 4.78 is 42.7. The van der Waals surface area contributed by atoms with Crippen molar-refractivity contribution in [1.82, 2.24) is 19.7 Å². The summed E-state index contributed by atoms with van der Waals surface area (Å²) in [6.45, 7) is -1.52. The van der Waals surface area contributed by atoms with Crippen LogP contribution in [0.1, 0.15) is 0 Å². The molecule has 3 aromatic heterocycles. The van der Waals surface area contributed by atoms with Crippen LogP contribution in [0.25, 0.3) is 10.7 Å². The van der Waals surface area contributed by atoms with E-state index in [1.54, 1.807) is 4.57 Å². The summed E-state index contributed by atoms with van der Waals surface area (Å²) in [5, 5.41) is 11.3. The molecule has 3 aromatic rings. The number of hydrogen-bond acceptors (Lipinski definition) is 6. The highest BCUT2D eigenvalue weighted by atomic mass is 32.1. The molecular formula is C15H12F3N5O2S2. The Hall–Kier alpha value is -2.73. The van der Waals surface area contributed by atoms with Gasteiger partial charge in [0, 0.05) is 6.07 Å². The van der Waals surface area contributed by atoms with E-state index in [-0.39, 0.29) is 12.4 Å². The number of halogens is 3. The summed E-state index contributed by atoms with van der Waals surface area (Å²) in [6.07, 6.45) is -3.24. The van der Waals surface area contributed by atoms with Crippen molar-refractivity contribution in [2.75, 3.05) is 11.9 Å². The Morgan fingerprint density at radius 3 is 2.81 bits per heavy atom. The lowest BCUT2D eigenvalue weighted by Gasteiger charge is -2.10. The standard InChI is InChI=1S/C15H12F3N5O2S2/c16-15(17,18)8-25-12-4-3-9(6-19-12)20-11(24)7-23-13(21-22-14(23)26)10-2-1-5-27-10/h1-6H,7-8H2,(H,20,24)(H,22,26). The molecule has 0 bridgehead atoms. The third kappa shape index (κ3) is 5.14. The molecule has 1 amide bonds. The second-order valence-electron chi connectivity index (χ2n) is 5.25. The maximum absolute atomic E-state index is 12.3. The smallest absolute Gasteiger partial charge is 0.422 e. The van der Waals surface area contributed by atoms with Crippen molar-refractivity contribution in [1.29, 1.82) is 0 Å². The first-order chi connectivity index (χ1) is 12.8. The molecule has 0 aliphatic heterocycles. The number of alkyl halides is 3. The third-order valence-corrected chi connectivity index (χ3v) is 4.38. The van der Waals surface area contributed by atoms with E-state index in [0.29, 0.717) is 16.3 Å². The number of ether oxygens (including phenoxy) is 1. The van der Waals surface area contributed by atoms with Gasteiger partial charge in [-0.2, -0.15) is 18.3 Å². The van der Waals surface area contributed by atoms with Crippen LogP contribution in [0.15, 0.2) is 35.8 Å². The molecule has 2 N–H and O–H groups in total. The van der Waals surface area contributed by atoms with E-state index >= 15 is 0 Å². The fraction of sp³-hybridized carbons (Fsp3) is 0.200. The lowest BCUT2D eigenvalue weighted by Crippen LogP contribution is -2.20. The molecule has 0 spiro atoms. The van der Waals surface area contributed by atoms with Gasteiger partial charge in [0.1, 0.15) is 6.54 Å². The molecule has 142 valence electrons. The molecule has 0 saturated heterocycles. The first-order valence-electron chi connectivity index (χ1n) is 7.46. The number of nitrogens with zero attached hydrogens (tertiary/aromatic N) is 3. The Bertz CT molecular complexity index is 965. The highest BCUT2D eigenvalue weighted by Crippen LogP contribution is 2.23. The van der Waals surface area contributed by atoms with Crippen LogP contribution in [0.4, 0.5) is 18.9 Å². The summed E-state index contributed by atoms with van der Waals surface area (Å²) in [5.74, 6) is -0.0439. The van der Waals surface area contributed by atoms with Gasteiger partial charge in [-0.25, -0.2) is 4.98 Å². The number of amides is 1. The molecule has 0 fully saturated rings. The Balaban J connectivity index is 1.64. The molecule has 0 atom stereocenters. The number of anilines is 1. The van der Waals surface area contributed by atoms with E-state index in [4.69, 9.17) is 12.2 Å². The minimum absolute atomic E-state index is 0.0884. The highest BCUT2D eigenvalue weighted by Gasteiger charge is 2.28. The van der Waals surface area contributed by atoms with E-state index in [1.807, 2.05) is 17.5 Å². The minimum Gasteiger partial charge on any atom is -0.468 e. The number of pyridine rings is 1. The Kier molecular flexibility index (Phi) is 5.56. The molecule has 12 heteroatoms. The van der Waals surface area contributed by atoms with Crippen LogP contribution < -0.4 is 10.1 Å². The van der Waals surface area contributed by atoms with Gasteiger partial charge in [0.2, 0.25) is 11.8 Å². The van der Waals surface area contributed by atoms with Crippen LogP contribution in [-0.4, -0.2) is 38.4 Å². The summed E-state index contributed by atoms with van der Waals surface area (Å²) in [5.41, 5.74) is 0.312. The number of rotatable bonds is 6. The monoisotopic (exact) mass is 415 g/mol. The predicted molar refractivity (Wildman–Crippen MR) is 95.1 cm³/mol. The van der Waals surface area contributed by atoms with Gasteiger partial charge in [0.05, 0.1) is 16.8 Å². The largest absolute Gasteiger partial charge is 0.468 e. The maximum Gasteiger partial charge on any atom is 0.422 e. The third-order valence-electron chi connectivity index (χ3n) is 3.21. The SMILES string of the molecule is O=C(Cn1c(-c2cccs2)n[nH]c1=S)Nc1ccc(OCC(F)(F)F)nc1. The Labute approximate surface area is 159 Å². The summed E-state index contributed by atoms with van der Waals surface area (Å²) in [6, 6.07) is 6.34. The first-order valence-corrected chi connectivity index (χ1v) is 8.75. The number of carbonyl (C=O) groups excluding carboxylic acids is 1. The lowest BCUT2D eigenvalue weighted by molar-refractivity contribution is -0.154. The molecule has 0 saturated carbocycles. The van der Waals surface area contributed by atoms with Gasteiger partial charge in [-0.1, -0.05) is 6.07 Å². The van der Waals surface area contributed by atoms with Crippen molar-refractivity contribution in [3.05, 3.63) is 40.6 Å². The molecule has 0 aliphatic carbocycles. The number of hydrogen-bond donors (Lipinski definition) is 2. The molecule has 27 heavy (non-hydrogen) atoms. The van der Waals surface area contributed by atoms with Crippen LogP contribution in [0.2, 0.25) is 0 Å². The van der Waals surface area contributed by atoms with Gasteiger partial charge in [0.15, 0.2) is 17.2 Å². The normalized spacial score (nSPS) is 11.4. The van der Waals surface area contributed by atoms with Crippen molar-refractivity contribution < 1.29 is 22.7 Å². The van der Waals surface area contributed by atoms with Crippen LogP contribution in [0.5, 0.6) is 5.88 Å². The van der Waals surface area contributed by atoms with Crippen molar-refractivity contribution in [2.45, 2.75) is 12.7 Å². The summed E-state index contributed by atoms with van der Waals surface area (Å²) in [4.78, 5) is 16.8. The molecule has 7 nitrogen and oxygen atoms in total. The average molecular weight is 415 g/mol. The van der Waals surface area contributed by atoms with E-state index < -0.39 is 18.7 Å². The second-order valence-corrected chi connectivity index (χ2v) is 6.59. The van der Waals surface area contributed by atoms with E-state index in [0.717, 1.165) is 4.88 Å². The van der Waals surface area contributed by atoms with Crippen LogP contribution >= 0.6 is 23.6 Å². The highest BCUT2D eigenvalue weighted by molar-refractivity contribution is 7.71. The zero-order valence-electron chi connectivity index (χ0n) is 13.5. The van der Waals surface area contributed by atoms with Crippen LogP contribution in [0.3, 0.4) is 0 Å². The average Bonchev–Trinajstić information content (AvgIpc) is 3.24. The molecule has 0 aromatic carbocycles. The van der Waals surface area contributed by atoms with Gasteiger partial charge < -0.3 is 10.1 Å². The van der Waals surface area contributed by atoms with Crippen molar-refractivity contribution in [3.63, 3.8) is 0 Å². The fourth-order valence-corrected chi connectivity index (χ4v) is 3.02. The Morgan fingerprint density at radius 2 is 2.19 bits per heavy atom. The zero-order chi connectivity index (χ0) is 19.4. The second kappa shape index (κ2) is 7.88. The first kappa shape index (κ1) is 19.0. The van der Waals surface area contributed by atoms with Gasteiger partial charge in [-0.15, -0.1) is 11.3 Å². The fourth-order valence-electron chi connectivity index (χ4n) is 2.10. The number of carbonyl (C=O) groups is 1. The minimum atomic E-state index is -4.45. The number of aromatic nitrogens is 4. The number of H-pyrrole nitrogens is 1. The Morgan fingerprint density at radius 1 is 1.37 bits per heavy atom. The maximum atomic E-state index is 12.3. The molecular weight excluding hydrogens is 403 g/mol. The number of aromatic amines is 1. The molecule has 0 radical (unpaired) electrons. The quantitative estimate of drug-likeness (QED) is 0.601. The number of thiophene rings is 1. The van der Waals surface area contributed by atoms with Crippen LogP contribution in [-0.2, 0) is 11.3 Å². The van der Waals surface area contributed by atoms with Gasteiger partial charge in [0.25, 0.3) is 0 Å². The number of nitrogens with one attached hydrogen (secondary N) is 2. The molecule has 0 aliphatic rings. The van der Waals surface area contributed by atoms with Crippen LogP contribution in [0, 0.1) is 4.77 Å². The van der Waals surface area contributed by atoms with E-state index in [9.17, 15) is 18.0 Å². The summed E-state index contributed by atoms with van der Waals surface area (Å²) in [7, 11) is 0. The van der Waals surface area contributed by atoms with Crippen molar-refractivity contribution >= 4 is 35.1 Å². The van der Waals surface area contributed by atoms with Gasteiger partial charge in [-0.3, -0.25) is 14.5 Å². The molecule has 0 unspecified atom stereocenters. The van der Waals surface area contributed by atoms with Gasteiger partial charge >= 0.3 is 6.18 Å². The predicted octanol–water partition coefficient (Wildman–Crippen LogP) is 3.64. The molecule has 3 rings (SSSR count). The van der Waals surface area contributed by atoms with E-state index in [2.05, 4.69) is 25.2 Å². The lowest BCUT2D eigenvalue weighted by atomic mass is 10.4. The van der Waals surface area contributed by atoms with E-state index in [1.165, 1.54) is 29.7 Å². The van der Waals surface area contributed by atoms with Gasteiger partial charge in [-0.05, 0) is 29.7 Å². The molecule has 3 heterocycles.